The van der Waals surface area contributed by atoms with Crippen LogP contribution in [0.2, 0.25) is 0 Å². The Morgan fingerprint density at radius 1 is 0.944 bits per heavy atom. The number of hydrogen-bond acceptors (Lipinski definition) is 12. The molecule has 1 amide bonds. The van der Waals surface area contributed by atoms with Crippen molar-refractivity contribution >= 4 is 35.3 Å². The van der Waals surface area contributed by atoms with E-state index in [4.69, 9.17) is 20.9 Å². The van der Waals surface area contributed by atoms with E-state index in [1.54, 1.807) is 6.92 Å². The molecule has 2 aromatic rings. The van der Waals surface area contributed by atoms with Gasteiger partial charge in [-0.2, -0.15) is 0 Å². The SMILES string of the molecule is CCOC(=O)[C@@H](CO)CC(=O)c1nc(N)c(C(=O)N[C@H](CO)C(=O)OCCc2ccccc2)nc1N. The molecule has 0 aliphatic rings. The zero-order valence-electron chi connectivity index (χ0n) is 19.7. The Balaban J connectivity index is 2.04. The number of aliphatic hydroxyl groups excluding tert-OH is 2. The summed E-state index contributed by atoms with van der Waals surface area (Å²) >= 11 is 0. The molecule has 1 heterocycles. The van der Waals surface area contributed by atoms with Crippen LogP contribution >= 0.6 is 0 Å². The summed E-state index contributed by atoms with van der Waals surface area (Å²) in [6, 6.07) is 7.85. The van der Waals surface area contributed by atoms with Gasteiger partial charge in [0.1, 0.15) is 0 Å². The molecule has 13 nitrogen and oxygen atoms in total. The van der Waals surface area contributed by atoms with E-state index in [9.17, 15) is 29.4 Å². The van der Waals surface area contributed by atoms with Gasteiger partial charge >= 0.3 is 11.9 Å². The maximum atomic E-state index is 12.6. The molecule has 0 aliphatic heterocycles. The molecule has 2 rings (SSSR count). The first-order valence-electron chi connectivity index (χ1n) is 11.1. The molecule has 7 N–H and O–H groups in total. The summed E-state index contributed by atoms with van der Waals surface area (Å²) in [5.74, 6) is -5.44. The number of Topliss-reactive ketones (excluding diaryl/α,β-unsaturated/α-hetero) is 1. The van der Waals surface area contributed by atoms with E-state index in [-0.39, 0.29) is 13.2 Å². The second-order valence-corrected chi connectivity index (χ2v) is 7.56. The Morgan fingerprint density at radius 3 is 2.19 bits per heavy atom. The monoisotopic (exact) mass is 503 g/mol. The molecule has 1 aromatic heterocycles. The van der Waals surface area contributed by atoms with Gasteiger partial charge in [0.25, 0.3) is 5.91 Å². The van der Waals surface area contributed by atoms with E-state index in [2.05, 4.69) is 15.3 Å². The second-order valence-electron chi connectivity index (χ2n) is 7.56. The van der Waals surface area contributed by atoms with Crippen molar-refractivity contribution in [2.45, 2.75) is 25.8 Å². The number of ketones is 1. The molecular formula is C23H29N5O8. The minimum atomic E-state index is -1.41. The molecule has 36 heavy (non-hydrogen) atoms. The van der Waals surface area contributed by atoms with Crippen molar-refractivity contribution in [1.29, 1.82) is 0 Å². The highest BCUT2D eigenvalue weighted by Crippen LogP contribution is 2.18. The van der Waals surface area contributed by atoms with Crippen molar-refractivity contribution in [2.24, 2.45) is 5.92 Å². The first kappa shape index (κ1) is 28.1. The molecule has 0 bridgehead atoms. The number of anilines is 2. The summed E-state index contributed by atoms with van der Waals surface area (Å²) in [5, 5.41) is 21.1. The van der Waals surface area contributed by atoms with Crippen LogP contribution in [0.1, 0.15) is 39.9 Å². The Labute approximate surface area is 206 Å². The fourth-order valence-corrected chi connectivity index (χ4v) is 3.06. The molecule has 1 aromatic carbocycles. The third-order valence-electron chi connectivity index (χ3n) is 4.95. The average Bonchev–Trinajstić information content (AvgIpc) is 2.87. The van der Waals surface area contributed by atoms with Gasteiger partial charge in [-0.3, -0.25) is 14.4 Å². The molecule has 0 aliphatic carbocycles. The number of hydrogen-bond donors (Lipinski definition) is 5. The first-order valence-corrected chi connectivity index (χ1v) is 11.1. The lowest BCUT2D eigenvalue weighted by atomic mass is 10.0. The summed E-state index contributed by atoms with van der Waals surface area (Å²) < 4.78 is 9.91. The highest BCUT2D eigenvalue weighted by molar-refractivity contribution is 6.03. The van der Waals surface area contributed by atoms with Crippen molar-refractivity contribution in [3.63, 3.8) is 0 Å². The van der Waals surface area contributed by atoms with Gasteiger partial charge in [-0.25, -0.2) is 14.8 Å². The third-order valence-corrected chi connectivity index (χ3v) is 4.95. The summed E-state index contributed by atoms with van der Waals surface area (Å²) in [6.07, 6.45) is -0.0307. The van der Waals surface area contributed by atoms with Crippen LogP contribution in [0, 0.1) is 5.92 Å². The summed E-state index contributed by atoms with van der Waals surface area (Å²) in [4.78, 5) is 56.9. The van der Waals surface area contributed by atoms with Crippen LogP contribution in [0.5, 0.6) is 0 Å². The van der Waals surface area contributed by atoms with Gasteiger partial charge in [0.2, 0.25) is 0 Å². The number of aromatic nitrogens is 2. The Kier molecular flexibility index (Phi) is 10.7. The number of nitrogens with two attached hydrogens (primary N) is 2. The third kappa shape index (κ3) is 7.71. The summed E-state index contributed by atoms with van der Waals surface area (Å²) in [6.45, 7) is 0.274. The lowest BCUT2D eigenvalue weighted by Gasteiger charge is -2.16. The number of rotatable bonds is 13. The Morgan fingerprint density at radius 2 is 1.58 bits per heavy atom. The Bertz CT molecular complexity index is 1080. The molecule has 0 fully saturated rings. The fourth-order valence-electron chi connectivity index (χ4n) is 3.06. The van der Waals surface area contributed by atoms with Crippen molar-refractivity contribution < 1.29 is 38.9 Å². The molecular weight excluding hydrogens is 474 g/mol. The number of carbonyl (C=O) groups is 4. The molecule has 0 radical (unpaired) electrons. The van der Waals surface area contributed by atoms with E-state index in [0.717, 1.165) is 5.56 Å². The lowest BCUT2D eigenvalue weighted by molar-refractivity contribution is -0.149. The summed E-state index contributed by atoms with van der Waals surface area (Å²) in [7, 11) is 0. The van der Waals surface area contributed by atoms with Crippen LogP contribution in [0.15, 0.2) is 30.3 Å². The normalized spacial score (nSPS) is 12.3. The average molecular weight is 504 g/mol. The van der Waals surface area contributed by atoms with Crippen LogP contribution in [-0.2, 0) is 25.5 Å². The molecule has 0 unspecified atom stereocenters. The van der Waals surface area contributed by atoms with Gasteiger partial charge in [0.15, 0.2) is 34.8 Å². The first-order chi connectivity index (χ1) is 17.2. The minimum Gasteiger partial charge on any atom is -0.466 e. The highest BCUT2D eigenvalue weighted by atomic mass is 16.5. The van der Waals surface area contributed by atoms with Crippen LogP contribution in [0.3, 0.4) is 0 Å². The zero-order chi connectivity index (χ0) is 26.7. The number of benzene rings is 1. The fraction of sp³-hybridized carbons (Fsp3) is 0.391. The van der Waals surface area contributed by atoms with E-state index < -0.39 is 78.2 Å². The van der Waals surface area contributed by atoms with Crippen LogP contribution < -0.4 is 16.8 Å². The molecule has 2 atom stereocenters. The van der Waals surface area contributed by atoms with Crippen molar-refractivity contribution in [3.05, 3.63) is 47.3 Å². The number of carbonyl (C=O) groups excluding carboxylic acids is 4. The molecule has 0 spiro atoms. The number of nitrogen functional groups attached to an aromatic ring is 2. The number of aliphatic hydroxyl groups is 2. The van der Waals surface area contributed by atoms with Gasteiger partial charge in [-0.05, 0) is 12.5 Å². The van der Waals surface area contributed by atoms with E-state index >= 15 is 0 Å². The van der Waals surface area contributed by atoms with Gasteiger partial charge in [-0.1, -0.05) is 30.3 Å². The maximum Gasteiger partial charge on any atom is 0.331 e. The largest absolute Gasteiger partial charge is 0.466 e. The van der Waals surface area contributed by atoms with Crippen LogP contribution in [0.4, 0.5) is 11.6 Å². The van der Waals surface area contributed by atoms with Gasteiger partial charge in [-0.15, -0.1) is 0 Å². The highest BCUT2D eigenvalue weighted by Gasteiger charge is 2.28. The molecule has 0 saturated carbocycles. The van der Waals surface area contributed by atoms with Crippen LogP contribution in [-0.4, -0.2) is 76.3 Å². The number of esters is 2. The van der Waals surface area contributed by atoms with E-state index in [1.807, 2.05) is 30.3 Å². The van der Waals surface area contributed by atoms with Gasteiger partial charge in [0, 0.05) is 12.8 Å². The maximum absolute atomic E-state index is 12.6. The van der Waals surface area contributed by atoms with Crippen LogP contribution in [0.25, 0.3) is 0 Å². The van der Waals surface area contributed by atoms with E-state index in [1.165, 1.54) is 0 Å². The van der Waals surface area contributed by atoms with Crippen molar-refractivity contribution in [2.75, 3.05) is 37.9 Å². The second kappa shape index (κ2) is 13.7. The topological polar surface area (TPSA) is 217 Å². The predicted octanol–water partition coefficient (Wildman–Crippen LogP) is -0.738. The molecule has 194 valence electrons. The number of nitrogens with one attached hydrogen (secondary N) is 1. The quantitative estimate of drug-likeness (QED) is 0.169. The van der Waals surface area contributed by atoms with Crippen molar-refractivity contribution in [3.8, 4) is 0 Å². The molecule has 13 heteroatoms. The van der Waals surface area contributed by atoms with Gasteiger partial charge in [0.05, 0.1) is 32.3 Å². The number of amides is 1. The van der Waals surface area contributed by atoms with Gasteiger partial charge < -0.3 is 36.5 Å². The standard InChI is InChI=1S/C23H29N5O8/c1-2-35-22(33)14(11-29)10-16(31)17-19(24)28-18(20(25)27-17)21(32)26-15(12-30)23(34)36-9-8-13-6-4-3-5-7-13/h3-7,14-15,29-30H,2,8-12H2,1H3,(H2,24,28)(H2,25,27)(H,26,32)/t14-,15-/m1/s1. The van der Waals surface area contributed by atoms with Crippen molar-refractivity contribution in [1.82, 2.24) is 15.3 Å². The number of ether oxygens (including phenoxy) is 2. The Hall–Kier alpha value is -4.10. The zero-order valence-corrected chi connectivity index (χ0v) is 19.7. The lowest BCUT2D eigenvalue weighted by Crippen LogP contribution is -2.45. The summed E-state index contributed by atoms with van der Waals surface area (Å²) in [5.41, 5.74) is 11.6. The van der Waals surface area contributed by atoms with E-state index in [0.29, 0.717) is 6.42 Å². The smallest absolute Gasteiger partial charge is 0.331 e. The molecule has 0 saturated heterocycles. The number of nitrogens with zero attached hydrogens (tertiary/aromatic N) is 2. The minimum absolute atomic E-state index is 0.0293. The predicted molar refractivity (Wildman–Crippen MR) is 126 cm³/mol.